The van der Waals surface area contributed by atoms with Gasteiger partial charge in [0.1, 0.15) is 5.75 Å². The third kappa shape index (κ3) is 6.01. The summed E-state index contributed by atoms with van der Waals surface area (Å²) in [5.41, 5.74) is 1.94. The molecule has 1 unspecified atom stereocenters. The van der Waals surface area contributed by atoms with E-state index in [1.165, 1.54) is 29.7 Å². The second kappa shape index (κ2) is 11.4. The number of carbonyl (C=O) groups excluding carboxylic acids is 2. The highest BCUT2D eigenvalue weighted by Crippen LogP contribution is 2.28. The summed E-state index contributed by atoms with van der Waals surface area (Å²) in [6, 6.07) is 17.4. The van der Waals surface area contributed by atoms with Gasteiger partial charge in [0.15, 0.2) is 0 Å². The molecule has 1 atom stereocenters. The minimum absolute atomic E-state index is 0.107. The second-order valence-corrected chi connectivity index (χ2v) is 8.99. The number of anilines is 1. The molecular weight excluding hydrogens is 414 g/mol. The fraction of sp³-hybridized carbons (Fsp3) is 0.481. The SMILES string of the molecule is CCCCCCOc1ccc(N2C(=O)CC(N3CCN(Cc4ccccc4)CC3)C2=O)cc1. The summed E-state index contributed by atoms with van der Waals surface area (Å²) in [5, 5.41) is 0. The molecule has 2 aliphatic rings. The van der Waals surface area contributed by atoms with Crippen LogP contribution in [0.25, 0.3) is 0 Å². The van der Waals surface area contributed by atoms with Gasteiger partial charge in [-0.2, -0.15) is 0 Å². The molecule has 6 heteroatoms. The minimum Gasteiger partial charge on any atom is -0.494 e. The summed E-state index contributed by atoms with van der Waals surface area (Å²) in [6.07, 6.45) is 4.90. The van der Waals surface area contributed by atoms with Crippen LogP contribution in [0.2, 0.25) is 0 Å². The molecule has 2 saturated heterocycles. The Morgan fingerprint density at radius 2 is 1.61 bits per heavy atom. The van der Waals surface area contributed by atoms with Crippen LogP contribution in [0, 0.1) is 0 Å². The van der Waals surface area contributed by atoms with Crippen molar-refractivity contribution in [3.8, 4) is 5.75 Å². The van der Waals surface area contributed by atoms with E-state index in [0.29, 0.717) is 12.3 Å². The summed E-state index contributed by atoms with van der Waals surface area (Å²) in [4.78, 5) is 31.8. The molecule has 2 aromatic carbocycles. The maximum absolute atomic E-state index is 13.2. The normalized spacial score (nSPS) is 19.9. The van der Waals surface area contributed by atoms with Crippen molar-refractivity contribution in [1.29, 1.82) is 0 Å². The first-order valence-corrected chi connectivity index (χ1v) is 12.3. The summed E-state index contributed by atoms with van der Waals surface area (Å²) in [6.45, 7) is 7.21. The maximum atomic E-state index is 13.2. The maximum Gasteiger partial charge on any atom is 0.251 e. The number of ether oxygens (including phenoxy) is 1. The Morgan fingerprint density at radius 3 is 2.30 bits per heavy atom. The number of unbranched alkanes of at least 4 members (excludes halogenated alkanes) is 3. The van der Waals surface area contributed by atoms with Crippen molar-refractivity contribution in [3.63, 3.8) is 0 Å². The van der Waals surface area contributed by atoms with Crippen LogP contribution in [-0.2, 0) is 16.1 Å². The predicted molar refractivity (Wildman–Crippen MR) is 130 cm³/mol. The van der Waals surface area contributed by atoms with E-state index in [9.17, 15) is 9.59 Å². The first-order valence-electron chi connectivity index (χ1n) is 12.3. The van der Waals surface area contributed by atoms with Crippen LogP contribution >= 0.6 is 0 Å². The van der Waals surface area contributed by atoms with Crippen molar-refractivity contribution in [2.24, 2.45) is 0 Å². The van der Waals surface area contributed by atoms with Gasteiger partial charge in [-0.15, -0.1) is 0 Å². The molecule has 176 valence electrons. The average molecular weight is 450 g/mol. The van der Waals surface area contributed by atoms with Crippen LogP contribution in [-0.4, -0.2) is 60.4 Å². The van der Waals surface area contributed by atoms with E-state index in [0.717, 1.165) is 44.9 Å². The van der Waals surface area contributed by atoms with E-state index in [1.807, 2.05) is 30.3 Å². The van der Waals surface area contributed by atoms with Crippen LogP contribution in [0.3, 0.4) is 0 Å². The van der Waals surface area contributed by atoms with Crippen LogP contribution in [0.4, 0.5) is 5.69 Å². The highest BCUT2D eigenvalue weighted by molar-refractivity contribution is 6.22. The molecule has 2 aromatic rings. The number of piperazine rings is 1. The molecule has 0 aromatic heterocycles. The van der Waals surface area contributed by atoms with E-state index in [1.54, 1.807) is 0 Å². The van der Waals surface area contributed by atoms with E-state index in [-0.39, 0.29) is 24.3 Å². The molecule has 2 amide bonds. The van der Waals surface area contributed by atoms with Gasteiger partial charge in [-0.25, -0.2) is 4.90 Å². The van der Waals surface area contributed by atoms with Gasteiger partial charge in [-0.05, 0) is 36.2 Å². The lowest BCUT2D eigenvalue weighted by molar-refractivity contribution is -0.123. The third-order valence-electron chi connectivity index (χ3n) is 6.58. The van der Waals surface area contributed by atoms with Crippen LogP contribution in [0.1, 0.15) is 44.6 Å². The second-order valence-electron chi connectivity index (χ2n) is 8.99. The monoisotopic (exact) mass is 449 g/mol. The van der Waals surface area contributed by atoms with Crippen molar-refractivity contribution in [1.82, 2.24) is 9.80 Å². The first kappa shape index (κ1) is 23.5. The molecule has 0 N–H and O–H groups in total. The van der Waals surface area contributed by atoms with Crippen molar-refractivity contribution < 1.29 is 14.3 Å². The summed E-state index contributed by atoms with van der Waals surface area (Å²) in [5.74, 6) is 0.551. The highest BCUT2D eigenvalue weighted by Gasteiger charge is 2.43. The number of hydrogen-bond acceptors (Lipinski definition) is 5. The molecule has 0 spiro atoms. The third-order valence-corrected chi connectivity index (χ3v) is 6.58. The lowest BCUT2D eigenvalue weighted by Gasteiger charge is -2.37. The topological polar surface area (TPSA) is 53.1 Å². The Hall–Kier alpha value is -2.70. The zero-order chi connectivity index (χ0) is 23.0. The van der Waals surface area contributed by atoms with Gasteiger partial charge in [-0.3, -0.25) is 19.4 Å². The Kier molecular flexibility index (Phi) is 8.13. The van der Waals surface area contributed by atoms with E-state index < -0.39 is 0 Å². The van der Waals surface area contributed by atoms with Gasteiger partial charge >= 0.3 is 0 Å². The molecule has 0 bridgehead atoms. The zero-order valence-electron chi connectivity index (χ0n) is 19.6. The molecule has 0 aliphatic carbocycles. The standard InChI is InChI=1S/C27H35N3O3/c1-2-3-4-8-19-33-24-13-11-23(12-14-24)30-26(31)20-25(27(30)32)29-17-15-28(16-18-29)21-22-9-6-5-7-10-22/h5-7,9-14,25H,2-4,8,15-21H2,1H3. The Bertz CT molecular complexity index is 908. The molecule has 2 heterocycles. The first-order chi connectivity index (χ1) is 16.2. The average Bonchev–Trinajstić information content (AvgIpc) is 3.14. The fourth-order valence-electron chi connectivity index (χ4n) is 4.66. The number of imide groups is 1. The Balaban J connectivity index is 1.29. The van der Waals surface area contributed by atoms with E-state index in [2.05, 4.69) is 41.0 Å². The number of benzene rings is 2. The van der Waals surface area contributed by atoms with Gasteiger partial charge in [0, 0.05) is 32.7 Å². The van der Waals surface area contributed by atoms with Gasteiger partial charge in [0.2, 0.25) is 5.91 Å². The molecule has 0 saturated carbocycles. The molecule has 0 radical (unpaired) electrons. The van der Waals surface area contributed by atoms with Crippen molar-refractivity contribution in [2.75, 3.05) is 37.7 Å². The Morgan fingerprint density at radius 1 is 0.879 bits per heavy atom. The Labute approximate surface area is 197 Å². The molecule has 2 aliphatic heterocycles. The predicted octanol–water partition coefficient (Wildman–Crippen LogP) is 4.10. The molecule has 2 fully saturated rings. The number of hydrogen-bond donors (Lipinski definition) is 0. The minimum atomic E-state index is -0.356. The van der Waals surface area contributed by atoms with Crippen molar-refractivity contribution >= 4 is 17.5 Å². The number of amides is 2. The van der Waals surface area contributed by atoms with Crippen LogP contribution in [0.5, 0.6) is 5.75 Å². The lowest BCUT2D eigenvalue weighted by Crippen LogP contribution is -2.52. The molecule has 6 nitrogen and oxygen atoms in total. The smallest absolute Gasteiger partial charge is 0.251 e. The molecule has 4 rings (SSSR count). The summed E-state index contributed by atoms with van der Waals surface area (Å²) >= 11 is 0. The quantitative estimate of drug-likeness (QED) is 0.404. The fourth-order valence-corrected chi connectivity index (χ4v) is 4.66. The number of rotatable bonds is 10. The van der Waals surface area contributed by atoms with Crippen molar-refractivity contribution in [2.45, 2.75) is 51.6 Å². The lowest BCUT2D eigenvalue weighted by atomic mass is 10.1. The largest absolute Gasteiger partial charge is 0.494 e. The van der Waals surface area contributed by atoms with Crippen LogP contribution < -0.4 is 9.64 Å². The summed E-state index contributed by atoms with van der Waals surface area (Å²) in [7, 11) is 0. The molecule has 33 heavy (non-hydrogen) atoms. The molecular formula is C27H35N3O3. The van der Waals surface area contributed by atoms with Gasteiger partial charge in [-0.1, -0.05) is 56.5 Å². The van der Waals surface area contributed by atoms with Crippen LogP contribution in [0.15, 0.2) is 54.6 Å². The summed E-state index contributed by atoms with van der Waals surface area (Å²) < 4.78 is 5.79. The van der Waals surface area contributed by atoms with Gasteiger partial charge < -0.3 is 4.74 Å². The van der Waals surface area contributed by atoms with E-state index in [4.69, 9.17) is 4.74 Å². The van der Waals surface area contributed by atoms with Gasteiger partial charge in [0.05, 0.1) is 24.8 Å². The number of carbonyl (C=O) groups is 2. The van der Waals surface area contributed by atoms with E-state index >= 15 is 0 Å². The highest BCUT2D eigenvalue weighted by atomic mass is 16.5. The van der Waals surface area contributed by atoms with Gasteiger partial charge in [0.25, 0.3) is 5.91 Å². The number of nitrogens with zero attached hydrogens (tertiary/aromatic N) is 3. The van der Waals surface area contributed by atoms with Crippen molar-refractivity contribution in [3.05, 3.63) is 60.2 Å². The zero-order valence-corrected chi connectivity index (χ0v) is 19.6.